The molecule has 0 bridgehead atoms. The van der Waals surface area contributed by atoms with E-state index in [4.69, 9.17) is 0 Å². The number of alkyl halides is 2. The fourth-order valence-electron chi connectivity index (χ4n) is 1.44. The third-order valence-corrected chi connectivity index (χ3v) is 2.15. The molecule has 2 unspecified atom stereocenters. The standard InChI is InChI=1S/C7H11F2/c1-3-5-4(2)6(5)7(8)9/h5-7H,3H2,1-2H3. The molecule has 0 aromatic rings. The van der Waals surface area contributed by atoms with Gasteiger partial charge in [-0.2, -0.15) is 0 Å². The first-order valence-electron chi connectivity index (χ1n) is 3.30. The summed E-state index contributed by atoms with van der Waals surface area (Å²) in [7, 11) is 0. The summed E-state index contributed by atoms with van der Waals surface area (Å²) in [6.45, 7) is 3.78. The largest absolute Gasteiger partial charge is 0.242 e. The summed E-state index contributed by atoms with van der Waals surface area (Å²) >= 11 is 0. The molecule has 2 atom stereocenters. The van der Waals surface area contributed by atoms with Crippen LogP contribution in [-0.4, -0.2) is 6.43 Å². The van der Waals surface area contributed by atoms with Gasteiger partial charge < -0.3 is 0 Å². The van der Waals surface area contributed by atoms with Crippen molar-refractivity contribution in [2.75, 3.05) is 0 Å². The molecule has 1 saturated carbocycles. The van der Waals surface area contributed by atoms with Crippen LogP contribution in [0.15, 0.2) is 0 Å². The minimum atomic E-state index is -2.12. The number of halogens is 2. The summed E-state index contributed by atoms with van der Waals surface area (Å²) in [6.07, 6.45) is -1.24. The molecule has 0 heterocycles. The fraction of sp³-hybridized carbons (Fsp3) is 0.857. The molecular formula is C7H11F2. The molecular weight excluding hydrogens is 122 g/mol. The highest BCUT2D eigenvalue weighted by atomic mass is 19.3. The van der Waals surface area contributed by atoms with Crippen molar-refractivity contribution < 1.29 is 8.78 Å². The second kappa shape index (κ2) is 2.24. The lowest BCUT2D eigenvalue weighted by molar-refractivity contribution is 0.117. The first-order valence-corrected chi connectivity index (χ1v) is 3.30. The molecule has 0 aliphatic heterocycles. The Hall–Kier alpha value is -0.140. The van der Waals surface area contributed by atoms with Crippen molar-refractivity contribution in [1.29, 1.82) is 0 Å². The molecule has 0 saturated heterocycles. The van der Waals surface area contributed by atoms with Crippen LogP contribution in [0, 0.1) is 17.8 Å². The van der Waals surface area contributed by atoms with E-state index in [9.17, 15) is 8.78 Å². The van der Waals surface area contributed by atoms with Crippen molar-refractivity contribution in [3.05, 3.63) is 5.92 Å². The maximum atomic E-state index is 11.9. The van der Waals surface area contributed by atoms with Gasteiger partial charge in [-0.15, -0.1) is 0 Å². The van der Waals surface area contributed by atoms with Crippen LogP contribution >= 0.6 is 0 Å². The smallest absolute Gasteiger partial charge is 0.210 e. The van der Waals surface area contributed by atoms with E-state index in [1.807, 2.05) is 13.8 Å². The maximum absolute atomic E-state index is 11.9. The van der Waals surface area contributed by atoms with Gasteiger partial charge in [0.1, 0.15) is 0 Å². The van der Waals surface area contributed by atoms with Crippen LogP contribution < -0.4 is 0 Å². The van der Waals surface area contributed by atoms with E-state index in [0.29, 0.717) is 0 Å². The quantitative estimate of drug-likeness (QED) is 0.543. The Balaban J connectivity index is 2.33. The molecule has 1 radical (unpaired) electrons. The highest BCUT2D eigenvalue weighted by Gasteiger charge is 2.51. The maximum Gasteiger partial charge on any atom is 0.242 e. The molecule has 9 heavy (non-hydrogen) atoms. The lowest BCUT2D eigenvalue weighted by Gasteiger charge is -1.91. The van der Waals surface area contributed by atoms with E-state index in [-0.39, 0.29) is 11.8 Å². The Labute approximate surface area is 54.3 Å². The van der Waals surface area contributed by atoms with Gasteiger partial charge in [0.05, 0.1) is 0 Å². The van der Waals surface area contributed by atoms with Crippen LogP contribution in [-0.2, 0) is 0 Å². The fourth-order valence-corrected chi connectivity index (χ4v) is 1.44. The van der Waals surface area contributed by atoms with Gasteiger partial charge in [-0.1, -0.05) is 20.3 Å². The molecule has 1 aliphatic rings. The van der Waals surface area contributed by atoms with Gasteiger partial charge in [0.25, 0.3) is 0 Å². The summed E-state index contributed by atoms with van der Waals surface area (Å²) in [4.78, 5) is 0. The zero-order valence-corrected chi connectivity index (χ0v) is 5.70. The third-order valence-electron chi connectivity index (χ3n) is 2.15. The normalized spacial score (nSPS) is 35.7. The van der Waals surface area contributed by atoms with Crippen LogP contribution in [0.1, 0.15) is 20.3 Å². The van der Waals surface area contributed by atoms with Crippen molar-refractivity contribution >= 4 is 0 Å². The predicted octanol–water partition coefficient (Wildman–Crippen LogP) is 2.50. The van der Waals surface area contributed by atoms with Crippen LogP contribution in [0.25, 0.3) is 0 Å². The molecule has 1 aliphatic carbocycles. The van der Waals surface area contributed by atoms with Crippen LogP contribution in [0.2, 0.25) is 0 Å². The number of hydrogen-bond donors (Lipinski definition) is 0. The van der Waals surface area contributed by atoms with Gasteiger partial charge in [0.15, 0.2) is 0 Å². The highest BCUT2D eigenvalue weighted by Crippen LogP contribution is 2.53. The van der Waals surface area contributed by atoms with Crippen molar-refractivity contribution in [3.8, 4) is 0 Å². The molecule has 0 aromatic carbocycles. The monoisotopic (exact) mass is 133 g/mol. The molecule has 0 amide bonds. The topological polar surface area (TPSA) is 0 Å². The summed E-state index contributed by atoms with van der Waals surface area (Å²) < 4.78 is 23.8. The SMILES string of the molecule is CCC1[C](C)C1C(F)F. The van der Waals surface area contributed by atoms with Crippen LogP contribution in [0.5, 0.6) is 0 Å². The number of rotatable bonds is 2. The lowest BCUT2D eigenvalue weighted by atomic mass is 10.2. The van der Waals surface area contributed by atoms with Gasteiger partial charge in [-0.05, 0) is 11.8 Å². The Morgan fingerprint density at radius 3 is 2.22 bits per heavy atom. The van der Waals surface area contributed by atoms with Gasteiger partial charge in [0, 0.05) is 5.92 Å². The Morgan fingerprint density at radius 1 is 1.56 bits per heavy atom. The van der Waals surface area contributed by atoms with Gasteiger partial charge in [-0.3, -0.25) is 0 Å². The highest BCUT2D eigenvalue weighted by molar-refractivity contribution is 5.18. The molecule has 53 valence electrons. The van der Waals surface area contributed by atoms with E-state index < -0.39 is 6.43 Å². The Bertz CT molecular complexity index is 101. The Morgan fingerprint density at radius 2 is 2.11 bits per heavy atom. The molecule has 1 fully saturated rings. The summed E-state index contributed by atoms with van der Waals surface area (Å²) in [6, 6.07) is 0. The predicted molar refractivity (Wildman–Crippen MR) is 32.2 cm³/mol. The molecule has 0 nitrogen and oxygen atoms in total. The molecule has 0 spiro atoms. The minimum absolute atomic E-state index is 0.227. The number of hydrogen-bond acceptors (Lipinski definition) is 0. The van der Waals surface area contributed by atoms with Gasteiger partial charge in [0.2, 0.25) is 6.43 Å². The third kappa shape index (κ3) is 1.07. The van der Waals surface area contributed by atoms with E-state index >= 15 is 0 Å². The van der Waals surface area contributed by atoms with Crippen molar-refractivity contribution in [2.24, 2.45) is 11.8 Å². The molecule has 1 rings (SSSR count). The van der Waals surface area contributed by atoms with Crippen LogP contribution in [0.4, 0.5) is 8.78 Å². The summed E-state index contributed by atoms with van der Waals surface area (Å²) in [5.74, 6) is 0.854. The first kappa shape index (κ1) is 6.97. The summed E-state index contributed by atoms with van der Waals surface area (Å²) in [5, 5.41) is 0. The Kier molecular flexibility index (Phi) is 1.73. The van der Waals surface area contributed by atoms with Crippen molar-refractivity contribution in [3.63, 3.8) is 0 Å². The van der Waals surface area contributed by atoms with E-state index in [1.165, 1.54) is 0 Å². The summed E-state index contributed by atoms with van der Waals surface area (Å²) in [5.41, 5.74) is 0. The minimum Gasteiger partial charge on any atom is -0.210 e. The van der Waals surface area contributed by atoms with Gasteiger partial charge in [-0.25, -0.2) is 8.78 Å². The second-order valence-corrected chi connectivity index (χ2v) is 2.62. The second-order valence-electron chi connectivity index (χ2n) is 2.62. The lowest BCUT2D eigenvalue weighted by Crippen LogP contribution is -1.95. The van der Waals surface area contributed by atoms with Gasteiger partial charge >= 0.3 is 0 Å². The van der Waals surface area contributed by atoms with E-state index in [1.54, 1.807) is 0 Å². The molecule has 0 aromatic heterocycles. The molecule has 0 N–H and O–H groups in total. The zero-order valence-electron chi connectivity index (χ0n) is 5.70. The molecule has 2 heteroatoms. The van der Waals surface area contributed by atoms with Crippen molar-refractivity contribution in [2.45, 2.75) is 26.7 Å². The van der Waals surface area contributed by atoms with Crippen molar-refractivity contribution in [1.82, 2.24) is 0 Å². The average molecular weight is 133 g/mol. The zero-order chi connectivity index (χ0) is 7.02. The van der Waals surface area contributed by atoms with E-state index in [2.05, 4.69) is 0 Å². The van der Waals surface area contributed by atoms with Crippen LogP contribution in [0.3, 0.4) is 0 Å². The average Bonchev–Trinajstić information content (AvgIpc) is 2.40. The first-order chi connectivity index (χ1) is 4.18. The van der Waals surface area contributed by atoms with E-state index in [0.717, 1.165) is 12.3 Å².